The molecule has 1 heterocycles. The first kappa shape index (κ1) is 13.7. The molecule has 0 aromatic carbocycles. The Morgan fingerprint density at radius 2 is 2.24 bits per heavy atom. The molecule has 1 N–H and O–H groups in total. The van der Waals surface area contributed by atoms with Crippen LogP contribution in [0.5, 0.6) is 0 Å². The molecule has 1 aromatic rings. The Labute approximate surface area is 98.6 Å². The predicted octanol–water partition coefficient (Wildman–Crippen LogP) is 3.33. The van der Waals surface area contributed by atoms with Crippen molar-refractivity contribution >= 4 is 0 Å². The fourth-order valence-electron chi connectivity index (χ4n) is 1.68. The molecule has 0 fully saturated rings. The van der Waals surface area contributed by atoms with Crippen LogP contribution >= 0.6 is 0 Å². The minimum atomic E-state index is -4.35. The zero-order chi connectivity index (χ0) is 12.9. The smallest absolute Gasteiger partial charge is 0.310 e. The molecular formula is C12H15F3N2. The van der Waals surface area contributed by atoms with Gasteiger partial charge in [0.05, 0.1) is 5.56 Å². The summed E-state index contributed by atoms with van der Waals surface area (Å²) in [7, 11) is 0. The van der Waals surface area contributed by atoms with E-state index in [1.54, 1.807) is 6.08 Å². The molecule has 0 saturated heterocycles. The van der Waals surface area contributed by atoms with Crippen molar-refractivity contribution in [2.24, 2.45) is 0 Å². The maximum Gasteiger partial charge on any atom is 0.416 e. The van der Waals surface area contributed by atoms with Gasteiger partial charge in [0.25, 0.3) is 0 Å². The number of pyridine rings is 1. The van der Waals surface area contributed by atoms with Crippen LogP contribution in [0.3, 0.4) is 0 Å². The van der Waals surface area contributed by atoms with Crippen LogP contribution in [0.2, 0.25) is 0 Å². The van der Waals surface area contributed by atoms with E-state index in [1.165, 1.54) is 6.20 Å². The summed E-state index contributed by atoms with van der Waals surface area (Å²) in [5.74, 6) is 0. The monoisotopic (exact) mass is 244 g/mol. The third-order valence-electron chi connectivity index (χ3n) is 2.39. The molecule has 94 valence electrons. The molecular weight excluding hydrogens is 229 g/mol. The second-order valence-electron chi connectivity index (χ2n) is 3.60. The summed E-state index contributed by atoms with van der Waals surface area (Å²) in [5, 5.41) is 3.00. The third kappa shape index (κ3) is 3.56. The van der Waals surface area contributed by atoms with Gasteiger partial charge in [-0.25, -0.2) is 0 Å². The van der Waals surface area contributed by atoms with Gasteiger partial charge in [-0.05, 0) is 24.6 Å². The highest BCUT2D eigenvalue weighted by Gasteiger charge is 2.34. The first-order chi connectivity index (χ1) is 8.00. The summed E-state index contributed by atoms with van der Waals surface area (Å²) >= 11 is 0. The Kier molecular flexibility index (Phi) is 4.69. The van der Waals surface area contributed by atoms with Gasteiger partial charge in [0.2, 0.25) is 0 Å². The number of nitrogens with zero attached hydrogens (tertiary/aromatic N) is 1. The van der Waals surface area contributed by atoms with Crippen molar-refractivity contribution in [3.63, 3.8) is 0 Å². The molecule has 1 atom stereocenters. The molecule has 0 aliphatic heterocycles. The first-order valence-electron chi connectivity index (χ1n) is 5.36. The zero-order valence-corrected chi connectivity index (χ0v) is 9.59. The van der Waals surface area contributed by atoms with E-state index in [2.05, 4.69) is 16.9 Å². The van der Waals surface area contributed by atoms with Crippen LogP contribution in [0.25, 0.3) is 0 Å². The number of hydrogen-bond donors (Lipinski definition) is 1. The summed E-state index contributed by atoms with van der Waals surface area (Å²) in [4.78, 5) is 3.77. The van der Waals surface area contributed by atoms with Crippen LogP contribution in [0.1, 0.15) is 30.5 Å². The molecule has 1 rings (SSSR count). The molecule has 2 nitrogen and oxygen atoms in total. The Hall–Kier alpha value is -1.36. The Morgan fingerprint density at radius 1 is 1.53 bits per heavy atom. The van der Waals surface area contributed by atoms with Gasteiger partial charge in [-0.1, -0.05) is 13.0 Å². The molecule has 0 aliphatic carbocycles. The maximum absolute atomic E-state index is 12.8. The Morgan fingerprint density at radius 3 is 2.76 bits per heavy atom. The van der Waals surface area contributed by atoms with Crippen molar-refractivity contribution in [3.05, 3.63) is 42.2 Å². The van der Waals surface area contributed by atoms with Crippen molar-refractivity contribution in [2.45, 2.75) is 25.6 Å². The summed E-state index contributed by atoms with van der Waals surface area (Å²) in [6.45, 7) is 5.99. The van der Waals surface area contributed by atoms with Gasteiger partial charge in [-0.15, -0.1) is 6.58 Å². The minimum Gasteiger partial charge on any atom is -0.310 e. The summed E-state index contributed by atoms with van der Waals surface area (Å²) in [5.41, 5.74) is -0.470. The van der Waals surface area contributed by atoms with Crippen LogP contribution in [-0.2, 0) is 6.18 Å². The molecule has 1 aromatic heterocycles. The van der Waals surface area contributed by atoms with Gasteiger partial charge in [-0.3, -0.25) is 4.98 Å². The highest BCUT2D eigenvalue weighted by atomic mass is 19.4. The lowest BCUT2D eigenvalue weighted by molar-refractivity contribution is -0.138. The van der Waals surface area contributed by atoms with Gasteiger partial charge >= 0.3 is 6.18 Å². The van der Waals surface area contributed by atoms with Crippen LogP contribution < -0.4 is 5.32 Å². The van der Waals surface area contributed by atoms with Gasteiger partial charge in [0.15, 0.2) is 0 Å². The van der Waals surface area contributed by atoms with E-state index in [9.17, 15) is 13.2 Å². The number of aromatic nitrogens is 1. The molecule has 17 heavy (non-hydrogen) atoms. The number of halogens is 3. The quantitative estimate of drug-likeness (QED) is 0.804. The molecule has 0 spiro atoms. The molecule has 0 radical (unpaired) electrons. The first-order valence-corrected chi connectivity index (χ1v) is 5.36. The van der Waals surface area contributed by atoms with Crippen molar-refractivity contribution in [3.8, 4) is 0 Å². The largest absolute Gasteiger partial charge is 0.416 e. The van der Waals surface area contributed by atoms with Crippen LogP contribution in [0.4, 0.5) is 13.2 Å². The molecule has 0 saturated carbocycles. The van der Waals surface area contributed by atoms with E-state index in [0.29, 0.717) is 13.0 Å². The van der Waals surface area contributed by atoms with Crippen LogP contribution in [0.15, 0.2) is 31.1 Å². The normalized spacial score (nSPS) is 13.4. The van der Waals surface area contributed by atoms with Crippen molar-refractivity contribution in [2.75, 3.05) is 6.54 Å². The average Bonchev–Trinajstić information content (AvgIpc) is 2.28. The lowest BCUT2D eigenvalue weighted by Gasteiger charge is -2.20. The molecule has 0 bridgehead atoms. The van der Waals surface area contributed by atoms with E-state index in [1.807, 2.05) is 6.92 Å². The van der Waals surface area contributed by atoms with Gasteiger partial charge in [0, 0.05) is 18.4 Å². The SMILES string of the molecule is C=CCC(NCC)c1cnccc1C(F)(F)F. The number of alkyl halides is 3. The molecule has 5 heteroatoms. The fraction of sp³-hybridized carbons (Fsp3) is 0.417. The van der Waals surface area contributed by atoms with E-state index in [0.717, 1.165) is 12.3 Å². The lowest BCUT2D eigenvalue weighted by atomic mass is 10.00. The number of rotatable bonds is 5. The molecule has 0 amide bonds. The number of nitrogens with one attached hydrogen (secondary N) is 1. The Balaban J connectivity index is 3.13. The zero-order valence-electron chi connectivity index (χ0n) is 9.59. The third-order valence-corrected chi connectivity index (χ3v) is 2.39. The van der Waals surface area contributed by atoms with Gasteiger partial charge in [0.1, 0.15) is 0 Å². The highest BCUT2D eigenvalue weighted by Crippen LogP contribution is 2.34. The summed E-state index contributed by atoms with van der Waals surface area (Å²) < 4.78 is 38.4. The van der Waals surface area contributed by atoms with Gasteiger partial charge < -0.3 is 5.32 Å². The standard InChI is InChI=1S/C12H15F3N2/c1-3-5-11(17-4-2)9-8-16-7-6-10(9)12(13,14)15/h3,6-8,11,17H,1,4-5H2,2H3. The van der Waals surface area contributed by atoms with Crippen molar-refractivity contribution in [1.82, 2.24) is 10.3 Å². The predicted molar refractivity (Wildman–Crippen MR) is 60.5 cm³/mol. The lowest BCUT2D eigenvalue weighted by Crippen LogP contribution is -2.23. The van der Waals surface area contributed by atoms with Crippen LogP contribution in [-0.4, -0.2) is 11.5 Å². The van der Waals surface area contributed by atoms with E-state index < -0.39 is 17.8 Å². The topological polar surface area (TPSA) is 24.9 Å². The van der Waals surface area contributed by atoms with Crippen molar-refractivity contribution in [1.29, 1.82) is 0 Å². The van der Waals surface area contributed by atoms with E-state index in [4.69, 9.17) is 0 Å². The average molecular weight is 244 g/mol. The number of hydrogen-bond acceptors (Lipinski definition) is 2. The maximum atomic E-state index is 12.8. The van der Waals surface area contributed by atoms with E-state index >= 15 is 0 Å². The molecule has 0 aliphatic rings. The summed E-state index contributed by atoms with van der Waals surface area (Å²) in [6, 6.07) is 0.603. The Bertz CT molecular complexity index is 374. The van der Waals surface area contributed by atoms with E-state index in [-0.39, 0.29) is 5.56 Å². The summed E-state index contributed by atoms with van der Waals surface area (Å²) in [6.07, 6.45) is 0.0963. The second kappa shape index (κ2) is 5.82. The highest BCUT2D eigenvalue weighted by molar-refractivity contribution is 5.29. The minimum absolute atomic E-state index is 0.168. The van der Waals surface area contributed by atoms with Crippen molar-refractivity contribution < 1.29 is 13.2 Å². The molecule has 1 unspecified atom stereocenters. The van der Waals surface area contributed by atoms with Gasteiger partial charge in [-0.2, -0.15) is 13.2 Å². The second-order valence-corrected chi connectivity index (χ2v) is 3.60. The fourth-order valence-corrected chi connectivity index (χ4v) is 1.68. The van der Waals surface area contributed by atoms with Crippen LogP contribution in [0, 0.1) is 0 Å².